The van der Waals surface area contributed by atoms with Crippen LogP contribution in [0.4, 0.5) is 4.39 Å². The number of benzene rings is 1. The average Bonchev–Trinajstić information content (AvgIpc) is 3.09. The number of sulfone groups is 1. The molecule has 1 aliphatic rings. The number of halogens is 1. The Kier molecular flexibility index (Phi) is 4.18. The van der Waals surface area contributed by atoms with E-state index in [2.05, 4.69) is 0 Å². The Morgan fingerprint density at radius 2 is 2.15 bits per heavy atom. The molecule has 6 heteroatoms. The van der Waals surface area contributed by atoms with Crippen LogP contribution in [-0.4, -0.2) is 39.7 Å². The molecule has 0 aromatic heterocycles. The van der Waals surface area contributed by atoms with Crippen LogP contribution < -0.4 is 5.73 Å². The standard InChI is InChI=1S/C14H20FNO3S/c1-3-20(17,18)13-12(14(13,8-16)9-19-2)10-5-4-6-11(15)7-10/h4-7,12-13H,3,8-9,16H2,1-2H3/t12-,13+,14-/m0/s1. The minimum Gasteiger partial charge on any atom is -0.384 e. The summed E-state index contributed by atoms with van der Waals surface area (Å²) >= 11 is 0. The lowest BCUT2D eigenvalue weighted by Gasteiger charge is -2.14. The molecule has 112 valence electrons. The SMILES string of the molecule is CCS(=O)(=O)[C@@H]1[C@H](c2cccc(F)c2)[C@]1(CN)COC. The van der Waals surface area contributed by atoms with Crippen LogP contribution in [0, 0.1) is 11.2 Å². The summed E-state index contributed by atoms with van der Waals surface area (Å²) in [4.78, 5) is 0. The number of hydrogen-bond acceptors (Lipinski definition) is 4. The molecule has 3 atom stereocenters. The summed E-state index contributed by atoms with van der Waals surface area (Å²) in [6.45, 7) is 2.07. The van der Waals surface area contributed by atoms with Crippen LogP contribution in [0.5, 0.6) is 0 Å². The van der Waals surface area contributed by atoms with Gasteiger partial charge in [-0.15, -0.1) is 0 Å². The minimum atomic E-state index is -3.26. The smallest absolute Gasteiger partial charge is 0.154 e. The lowest BCUT2D eigenvalue weighted by atomic mass is 10.00. The predicted octanol–water partition coefficient (Wildman–Crippen LogP) is 1.32. The first-order valence-corrected chi connectivity index (χ1v) is 8.30. The van der Waals surface area contributed by atoms with E-state index in [9.17, 15) is 12.8 Å². The second kappa shape index (κ2) is 5.42. The van der Waals surface area contributed by atoms with Crippen molar-refractivity contribution in [3.63, 3.8) is 0 Å². The highest BCUT2D eigenvalue weighted by atomic mass is 32.2. The fourth-order valence-electron chi connectivity index (χ4n) is 3.15. The summed E-state index contributed by atoms with van der Waals surface area (Å²) in [5, 5.41) is -0.591. The third-order valence-corrected chi connectivity index (χ3v) is 6.49. The molecule has 0 saturated heterocycles. The average molecular weight is 301 g/mol. The number of methoxy groups -OCH3 is 1. The van der Waals surface area contributed by atoms with Crippen molar-refractivity contribution in [3.05, 3.63) is 35.6 Å². The van der Waals surface area contributed by atoms with Gasteiger partial charge in [0.05, 0.1) is 11.9 Å². The van der Waals surface area contributed by atoms with Crippen LogP contribution in [0.15, 0.2) is 24.3 Å². The molecule has 0 spiro atoms. The van der Waals surface area contributed by atoms with Crippen LogP contribution in [0.25, 0.3) is 0 Å². The van der Waals surface area contributed by atoms with Crippen molar-refractivity contribution in [2.24, 2.45) is 11.1 Å². The van der Waals surface area contributed by atoms with E-state index in [0.29, 0.717) is 5.56 Å². The summed E-state index contributed by atoms with van der Waals surface area (Å²) in [6.07, 6.45) is 0. The van der Waals surface area contributed by atoms with E-state index < -0.39 is 20.5 Å². The molecule has 1 aromatic carbocycles. The quantitative estimate of drug-likeness (QED) is 0.860. The lowest BCUT2D eigenvalue weighted by Crippen LogP contribution is -2.28. The maximum Gasteiger partial charge on any atom is 0.154 e. The topological polar surface area (TPSA) is 69.4 Å². The van der Waals surface area contributed by atoms with Gasteiger partial charge in [0, 0.05) is 30.7 Å². The Balaban J connectivity index is 2.45. The monoisotopic (exact) mass is 301 g/mol. The zero-order valence-corrected chi connectivity index (χ0v) is 12.5. The third-order valence-electron chi connectivity index (χ3n) is 4.17. The Morgan fingerprint density at radius 1 is 1.45 bits per heavy atom. The van der Waals surface area contributed by atoms with Gasteiger partial charge in [0.25, 0.3) is 0 Å². The molecule has 1 saturated carbocycles. The molecule has 0 aliphatic heterocycles. The molecule has 1 aliphatic carbocycles. The fraction of sp³-hybridized carbons (Fsp3) is 0.571. The van der Waals surface area contributed by atoms with Crippen molar-refractivity contribution in [1.29, 1.82) is 0 Å². The lowest BCUT2D eigenvalue weighted by molar-refractivity contribution is 0.142. The van der Waals surface area contributed by atoms with Gasteiger partial charge in [0.2, 0.25) is 0 Å². The first kappa shape index (κ1) is 15.4. The first-order chi connectivity index (χ1) is 9.43. The normalized spacial score (nSPS) is 29.4. The highest BCUT2D eigenvalue weighted by Crippen LogP contribution is 2.62. The summed E-state index contributed by atoms with van der Waals surface area (Å²) < 4.78 is 43.1. The summed E-state index contributed by atoms with van der Waals surface area (Å²) in [7, 11) is -1.74. The van der Waals surface area contributed by atoms with Gasteiger partial charge in [-0.1, -0.05) is 19.1 Å². The molecule has 0 unspecified atom stereocenters. The van der Waals surface area contributed by atoms with Crippen molar-refractivity contribution < 1.29 is 17.5 Å². The molecule has 0 bridgehead atoms. The van der Waals surface area contributed by atoms with Crippen LogP contribution in [-0.2, 0) is 14.6 Å². The zero-order chi connectivity index (χ0) is 15.0. The third kappa shape index (κ3) is 2.36. The van der Waals surface area contributed by atoms with E-state index in [1.807, 2.05) is 0 Å². The Hall–Kier alpha value is -0.980. The van der Waals surface area contributed by atoms with Crippen molar-refractivity contribution >= 4 is 9.84 Å². The predicted molar refractivity (Wildman–Crippen MR) is 75.8 cm³/mol. The van der Waals surface area contributed by atoms with Crippen LogP contribution in [0.3, 0.4) is 0 Å². The molecule has 0 radical (unpaired) electrons. The zero-order valence-electron chi connectivity index (χ0n) is 11.7. The highest BCUT2D eigenvalue weighted by molar-refractivity contribution is 7.92. The second-order valence-corrected chi connectivity index (χ2v) is 7.69. The Bertz CT molecular complexity index is 590. The molecule has 2 N–H and O–H groups in total. The first-order valence-electron chi connectivity index (χ1n) is 6.59. The van der Waals surface area contributed by atoms with Crippen molar-refractivity contribution in [1.82, 2.24) is 0 Å². The molecule has 1 fully saturated rings. The van der Waals surface area contributed by atoms with Gasteiger partial charge >= 0.3 is 0 Å². The number of rotatable bonds is 6. The maximum atomic E-state index is 13.4. The second-order valence-electron chi connectivity index (χ2n) is 5.28. The Labute approximate surface area is 119 Å². The summed E-state index contributed by atoms with van der Waals surface area (Å²) in [5.41, 5.74) is 5.86. The number of nitrogens with two attached hydrogens (primary N) is 1. The molecular formula is C14H20FNO3S. The van der Waals surface area contributed by atoms with Gasteiger partial charge in [0.1, 0.15) is 5.82 Å². The van der Waals surface area contributed by atoms with Gasteiger partial charge < -0.3 is 10.5 Å². The van der Waals surface area contributed by atoms with Gasteiger partial charge in [-0.05, 0) is 17.7 Å². The van der Waals surface area contributed by atoms with E-state index in [-0.39, 0.29) is 30.6 Å². The van der Waals surface area contributed by atoms with Crippen molar-refractivity contribution in [2.45, 2.75) is 18.1 Å². The summed E-state index contributed by atoms with van der Waals surface area (Å²) in [6, 6.07) is 6.07. The summed E-state index contributed by atoms with van der Waals surface area (Å²) in [5.74, 6) is -0.618. The van der Waals surface area contributed by atoms with Crippen molar-refractivity contribution in [3.8, 4) is 0 Å². The molecule has 0 amide bonds. The van der Waals surface area contributed by atoms with Crippen molar-refractivity contribution in [2.75, 3.05) is 26.0 Å². The highest BCUT2D eigenvalue weighted by Gasteiger charge is 2.69. The minimum absolute atomic E-state index is 0.0505. The molecule has 2 rings (SSSR count). The van der Waals surface area contributed by atoms with Crippen LogP contribution in [0.1, 0.15) is 18.4 Å². The molecular weight excluding hydrogens is 281 g/mol. The Morgan fingerprint density at radius 3 is 2.65 bits per heavy atom. The van der Waals surface area contributed by atoms with E-state index in [1.54, 1.807) is 19.1 Å². The van der Waals surface area contributed by atoms with Crippen LogP contribution in [0.2, 0.25) is 0 Å². The van der Waals surface area contributed by atoms with Gasteiger partial charge in [-0.3, -0.25) is 0 Å². The van der Waals surface area contributed by atoms with Gasteiger partial charge in [-0.2, -0.15) is 0 Å². The fourth-order valence-corrected chi connectivity index (χ4v) is 5.30. The van der Waals surface area contributed by atoms with Gasteiger partial charge in [-0.25, -0.2) is 12.8 Å². The molecule has 4 nitrogen and oxygen atoms in total. The van der Waals surface area contributed by atoms with E-state index in [0.717, 1.165) is 0 Å². The van der Waals surface area contributed by atoms with Gasteiger partial charge in [0.15, 0.2) is 9.84 Å². The van der Waals surface area contributed by atoms with E-state index in [4.69, 9.17) is 10.5 Å². The van der Waals surface area contributed by atoms with E-state index >= 15 is 0 Å². The molecule has 0 heterocycles. The molecule has 1 aromatic rings. The molecule has 20 heavy (non-hydrogen) atoms. The number of ether oxygens (including phenoxy) is 1. The number of hydrogen-bond donors (Lipinski definition) is 1. The van der Waals surface area contributed by atoms with Crippen LogP contribution >= 0.6 is 0 Å². The maximum absolute atomic E-state index is 13.4. The van der Waals surface area contributed by atoms with E-state index in [1.165, 1.54) is 19.2 Å². The largest absolute Gasteiger partial charge is 0.384 e.